The van der Waals surface area contributed by atoms with Crippen LogP contribution in [0.25, 0.3) is 11.5 Å². The Morgan fingerprint density at radius 1 is 1.42 bits per heavy atom. The lowest BCUT2D eigenvalue weighted by Gasteiger charge is -2.04. The largest absolute Gasteiger partial charge is 0.397 e. The Hall–Kier alpha value is -1.91. The molecule has 0 spiro atoms. The summed E-state index contributed by atoms with van der Waals surface area (Å²) >= 11 is 0. The number of rotatable bonds is 3. The van der Waals surface area contributed by atoms with Crippen LogP contribution in [0.1, 0.15) is 44.3 Å². The average molecular weight is 258 g/mol. The average Bonchev–Trinajstić information content (AvgIpc) is 3.08. The van der Waals surface area contributed by atoms with Gasteiger partial charge in [0.25, 0.3) is 5.89 Å². The van der Waals surface area contributed by atoms with Crippen LogP contribution in [0, 0.1) is 5.92 Å². The Balaban J connectivity index is 1.82. The Bertz CT molecular complexity index is 566. The van der Waals surface area contributed by atoms with Gasteiger partial charge < -0.3 is 10.3 Å². The van der Waals surface area contributed by atoms with Crippen LogP contribution in [-0.2, 0) is 0 Å². The van der Waals surface area contributed by atoms with Gasteiger partial charge in [-0.05, 0) is 31.2 Å². The second-order valence-electron chi connectivity index (χ2n) is 5.20. The molecule has 0 amide bonds. The summed E-state index contributed by atoms with van der Waals surface area (Å²) in [7, 11) is 0. The number of anilines is 1. The van der Waals surface area contributed by atoms with Crippen LogP contribution in [0.4, 0.5) is 5.69 Å². The van der Waals surface area contributed by atoms with Crippen molar-refractivity contribution in [2.75, 3.05) is 5.73 Å². The van der Waals surface area contributed by atoms with Crippen LogP contribution in [0.3, 0.4) is 0 Å². The zero-order chi connectivity index (χ0) is 13.2. The van der Waals surface area contributed by atoms with Gasteiger partial charge in [-0.15, -0.1) is 0 Å². The Morgan fingerprint density at radius 3 is 3.05 bits per heavy atom. The van der Waals surface area contributed by atoms with Crippen LogP contribution < -0.4 is 5.73 Å². The summed E-state index contributed by atoms with van der Waals surface area (Å²) in [5.41, 5.74) is 7.20. The van der Waals surface area contributed by atoms with Crippen molar-refractivity contribution in [1.82, 2.24) is 15.1 Å². The first-order valence-corrected chi connectivity index (χ1v) is 6.81. The summed E-state index contributed by atoms with van der Waals surface area (Å²) in [5, 5.41) is 4.12. The number of nitrogen functional groups attached to an aromatic ring is 1. The van der Waals surface area contributed by atoms with E-state index in [2.05, 4.69) is 22.0 Å². The minimum atomic E-state index is 0.436. The van der Waals surface area contributed by atoms with E-state index in [4.69, 9.17) is 10.3 Å². The summed E-state index contributed by atoms with van der Waals surface area (Å²) in [5.74, 6) is 2.56. The van der Waals surface area contributed by atoms with E-state index >= 15 is 0 Å². The molecule has 1 aliphatic rings. The predicted molar refractivity (Wildman–Crippen MR) is 72.3 cm³/mol. The molecule has 19 heavy (non-hydrogen) atoms. The maximum absolute atomic E-state index is 5.87. The summed E-state index contributed by atoms with van der Waals surface area (Å²) in [6, 6.07) is 1.80. The molecule has 3 rings (SSSR count). The van der Waals surface area contributed by atoms with Gasteiger partial charge in [-0.1, -0.05) is 18.5 Å². The van der Waals surface area contributed by atoms with E-state index in [1.165, 1.54) is 19.3 Å². The molecule has 2 aromatic rings. The van der Waals surface area contributed by atoms with Gasteiger partial charge in [0, 0.05) is 12.1 Å². The highest BCUT2D eigenvalue weighted by Gasteiger charge is 2.28. The first-order valence-electron chi connectivity index (χ1n) is 6.81. The van der Waals surface area contributed by atoms with Gasteiger partial charge in [-0.3, -0.25) is 4.98 Å². The summed E-state index contributed by atoms with van der Waals surface area (Å²) < 4.78 is 5.34. The predicted octanol–water partition coefficient (Wildman–Crippen LogP) is 3.01. The molecule has 0 aliphatic heterocycles. The molecule has 1 aliphatic carbocycles. The molecule has 0 aromatic carbocycles. The van der Waals surface area contributed by atoms with Gasteiger partial charge in [0.2, 0.25) is 0 Å². The SMILES string of the molecule is CCC1CCC(c2noc(-c3ccncc3N)n2)C1. The summed E-state index contributed by atoms with van der Waals surface area (Å²) in [6.07, 6.45) is 8.10. The maximum atomic E-state index is 5.87. The highest BCUT2D eigenvalue weighted by Crippen LogP contribution is 2.39. The molecule has 1 saturated carbocycles. The molecular formula is C14H18N4O. The van der Waals surface area contributed by atoms with Gasteiger partial charge >= 0.3 is 0 Å². The molecule has 5 heteroatoms. The molecule has 2 unspecified atom stereocenters. The smallest absolute Gasteiger partial charge is 0.260 e. The molecule has 0 bridgehead atoms. The van der Waals surface area contributed by atoms with Gasteiger partial charge in [-0.2, -0.15) is 4.98 Å². The van der Waals surface area contributed by atoms with Gasteiger partial charge in [0.1, 0.15) is 0 Å². The number of aromatic nitrogens is 3. The lowest BCUT2D eigenvalue weighted by molar-refractivity contribution is 0.414. The normalized spacial score (nSPS) is 22.8. The molecule has 0 saturated heterocycles. The fourth-order valence-electron chi connectivity index (χ4n) is 2.79. The van der Waals surface area contributed by atoms with Crippen molar-refractivity contribution >= 4 is 5.69 Å². The molecule has 0 radical (unpaired) electrons. The van der Waals surface area contributed by atoms with E-state index in [0.29, 0.717) is 17.5 Å². The van der Waals surface area contributed by atoms with E-state index in [1.807, 2.05) is 0 Å². The quantitative estimate of drug-likeness (QED) is 0.915. The van der Waals surface area contributed by atoms with Crippen LogP contribution in [-0.4, -0.2) is 15.1 Å². The van der Waals surface area contributed by atoms with Gasteiger partial charge in [0.05, 0.1) is 17.4 Å². The molecule has 2 heterocycles. The van der Waals surface area contributed by atoms with Crippen molar-refractivity contribution in [3.05, 3.63) is 24.3 Å². The molecular weight excluding hydrogens is 240 g/mol. The third-order valence-electron chi connectivity index (χ3n) is 4.01. The molecule has 100 valence electrons. The van der Waals surface area contributed by atoms with Crippen LogP contribution in [0.5, 0.6) is 0 Å². The van der Waals surface area contributed by atoms with Crippen molar-refractivity contribution in [3.8, 4) is 11.5 Å². The lowest BCUT2D eigenvalue weighted by Crippen LogP contribution is -1.97. The van der Waals surface area contributed by atoms with Crippen LogP contribution >= 0.6 is 0 Å². The Morgan fingerprint density at radius 2 is 2.32 bits per heavy atom. The highest BCUT2D eigenvalue weighted by atomic mass is 16.5. The Labute approximate surface area is 112 Å². The third kappa shape index (κ3) is 2.32. The maximum Gasteiger partial charge on any atom is 0.260 e. The van der Waals surface area contributed by atoms with E-state index in [0.717, 1.165) is 23.7 Å². The molecule has 2 atom stereocenters. The standard InChI is InChI=1S/C14H18N4O/c1-2-9-3-4-10(7-9)13-17-14(19-18-13)11-5-6-16-8-12(11)15/h5-6,8-10H,2-4,7,15H2,1H3. The van der Waals surface area contributed by atoms with E-state index in [-0.39, 0.29) is 0 Å². The van der Waals surface area contributed by atoms with Gasteiger partial charge in [0.15, 0.2) is 5.82 Å². The molecule has 2 N–H and O–H groups in total. The zero-order valence-electron chi connectivity index (χ0n) is 11.0. The first kappa shape index (κ1) is 12.1. The van der Waals surface area contributed by atoms with E-state index in [9.17, 15) is 0 Å². The number of pyridine rings is 1. The second-order valence-corrected chi connectivity index (χ2v) is 5.20. The molecule has 2 aromatic heterocycles. The number of nitrogens with zero attached hydrogens (tertiary/aromatic N) is 3. The topological polar surface area (TPSA) is 77.8 Å². The van der Waals surface area contributed by atoms with Gasteiger partial charge in [-0.25, -0.2) is 0 Å². The highest BCUT2D eigenvalue weighted by molar-refractivity contribution is 5.68. The zero-order valence-corrected chi connectivity index (χ0v) is 11.0. The molecule has 5 nitrogen and oxygen atoms in total. The number of hydrogen-bond acceptors (Lipinski definition) is 5. The Kier molecular flexibility index (Phi) is 3.19. The fraction of sp³-hybridized carbons (Fsp3) is 0.500. The fourth-order valence-corrected chi connectivity index (χ4v) is 2.79. The third-order valence-corrected chi connectivity index (χ3v) is 4.01. The van der Waals surface area contributed by atoms with Crippen molar-refractivity contribution in [2.24, 2.45) is 5.92 Å². The van der Waals surface area contributed by atoms with Crippen molar-refractivity contribution < 1.29 is 4.52 Å². The first-order chi connectivity index (χ1) is 9.28. The van der Waals surface area contributed by atoms with Crippen LogP contribution in [0.2, 0.25) is 0 Å². The monoisotopic (exact) mass is 258 g/mol. The lowest BCUT2D eigenvalue weighted by atomic mass is 10.0. The van der Waals surface area contributed by atoms with E-state index in [1.54, 1.807) is 18.5 Å². The minimum absolute atomic E-state index is 0.436. The van der Waals surface area contributed by atoms with Crippen molar-refractivity contribution in [3.63, 3.8) is 0 Å². The number of nitrogens with two attached hydrogens (primary N) is 1. The van der Waals surface area contributed by atoms with E-state index < -0.39 is 0 Å². The van der Waals surface area contributed by atoms with Crippen molar-refractivity contribution in [1.29, 1.82) is 0 Å². The minimum Gasteiger partial charge on any atom is -0.397 e. The summed E-state index contributed by atoms with van der Waals surface area (Å²) in [4.78, 5) is 8.47. The summed E-state index contributed by atoms with van der Waals surface area (Å²) in [6.45, 7) is 2.24. The van der Waals surface area contributed by atoms with Crippen molar-refractivity contribution in [2.45, 2.75) is 38.5 Å². The second kappa shape index (κ2) is 4.99. The number of hydrogen-bond donors (Lipinski definition) is 1. The molecule has 1 fully saturated rings. The van der Waals surface area contributed by atoms with Crippen LogP contribution in [0.15, 0.2) is 23.0 Å².